The molecule has 0 saturated carbocycles. The summed E-state index contributed by atoms with van der Waals surface area (Å²) in [5.74, 6) is 0.845. The molecule has 0 unspecified atom stereocenters. The molecular weight excluding hydrogens is 252 g/mol. The second kappa shape index (κ2) is 6.79. The lowest BCUT2D eigenvalue weighted by Crippen LogP contribution is -2.39. The molecule has 0 bridgehead atoms. The number of amides is 1. The van der Waals surface area contributed by atoms with Crippen molar-refractivity contribution in [2.24, 2.45) is 5.92 Å². The fourth-order valence-electron chi connectivity index (χ4n) is 2.71. The molecule has 5 nitrogen and oxygen atoms in total. The van der Waals surface area contributed by atoms with E-state index in [-0.39, 0.29) is 5.91 Å². The molecule has 1 N–H and O–H groups in total. The van der Waals surface area contributed by atoms with E-state index in [0.717, 1.165) is 49.8 Å². The molecule has 0 atom stereocenters. The molecule has 5 heteroatoms. The highest BCUT2D eigenvalue weighted by Gasteiger charge is 2.24. The Morgan fingerprint density at radius 2 is 2.05 bits per heavy atom. The van der Waals surface area contributed by atoms with Crippen molar-refractivity contribution in [2.45, 2.75) is 33.1 Å². The number of aromatic nitrogens is 2. The van der Waals surface area contributed by atoms with E-state index in [1.54, 1.807) is 0 Å². The topological polar surface area (TPSA) is 58.1 Å². The number of likely N-dealkylation sites (tertiary alicyclic amines) is 1. The summed E-state index contributed by atoms with van der Waals surface area (Å²) in [6.07, 6.45) is 3.40. The minimum atomic E-state index is 0.104. The minimum absolute atomic E-state index is 0.104. The van der Waals surface area contributed by atoms with Crippen LogP contribution in [0, 0.1) is 19.8 Å². The molecule has 1 saturated heterocycles. The van der Waals surface area contributed by atoms with Crippen molar-refractivity contribution < 1.29 is 4.79 Å². The van der Waals surface area contributed by atoms with Gasteiger partial charge in [0.15, 0.2) is 0 Å². The van der Waals surface area contributed by atoms with Crippen LogP contribution in [0.25, 0.3) is 0 Å². The first-order valence-electron chi connectivity index (χ1n) is 7.36. The Balaban J connectivity index is 1.96. The number of piperidine rings is 1. The van der Waals surface area contributed by atoms with E-state index in [1.807, 2.05) is 31.9 Å². The number of nitrogens with zero attached hydrogens (tertiary/aromatic N) is 3. The fourth-order valence-corrected chi connectivity index (χ4v) is 2.71. The molecule has 20 heavy (non-hydrogen) atoms. The van der Waals surface area contributed by atoms with Gasteiger partial charge in [-0.05, 0) is 58.7 Å². The lowest BCUT2D eigenvalue weighted by Gasteiger charge is -2.32. The van der Waals surface area contributed by atoms with Crippen LogP contribution in [0.4, 0.5) is 0 Å². The zero-order valence-corrected chi connectivity index (χ0v) is 12.6. The first-order valence-corrected chi connectivity index (χ1v) is 7.36. The van der Waals surface area contributed by atoms with Gasteiger partial charge in [-0.3, -0.25) is 4.79 Å². The number of hydrogen-bond acceptors (Lipinski definition) is 4. The van der Waals surface area contributed by atoms with Crippen molar-refractivity contribution in [2.75, 3.05) is 26.7 Å². The van der Waals surface area contributed by atoms with E-state index < -0.39 is 0 Å². The maximum atomic E-state index is 12.5. The first-order chi connectivity index (χ1) is 9.61. The van der Waals surface area contributed by atoms with Crippen LogP contribution in [0.5, 0.6) is 0 Å². The summed E-state index contributed by atoms with van der Waals surface area (Å²) in [4.78, 5) is 14.5. The van der Waals surface area contributed by atoms with Gasteiger partial charge in [0.2, 0.25) is 0 Å². The number of nitrogens with one attached hydrogen (secondary N) is 1. The zero-order chi connectivity index (χ0) is 14.5. The number of carbonyl (C=O) groups is 1. The van der Waals surface area contributed by atoms with Crippen molar-refractivity contribution in [1.29, 1.82) is 0 Å². The van der Waals surface area contributed by atoms with E-state index in [9.17, 15) is 4.79 Å². The smallest absolute Gasteiger partial charge is 0.255 e. The largest absolute Gasteiger partial charge is 0.339 e. The number of aryl methyl sites for hydroxylation is 2. The van der Waals surface area contributed by atoms with Gasteiger partial charge in [-0.15, -0.1) is 0 Å². The third-order valence-electron chi connectivity index (χ3n) is 4.04. The number of carbonyl (C=O) groups excluding carboxylic acids is 1. The number of rotatable bonds is 4. The third kappa shape index (κ3) is 3.54. The third-order valence-corrected chi connectivity index (χ3v) is 4.04. The lowest BCUT2D eigenvalue weighted by atomic mass is 9.93. The van der Waals surface area contributed by atoms with Gasteiger partial charge in [0, 0.05) is 13.1 Å². The molecule has 0 spiro atoms. The molecule has 1 amide bonds. The summed E-state index contributed by atoms with van der Waals surface area (Å²) in [7, 11) is 1.99. The highest BCUT2D eigenvalue weighted by atomic mass is 16.2. The molecule has 2 heterocycles. The Morgan fingerprint density at radius 3 is 2.70 bits per heavy atom. The SMILES string of the molecule is CNCCC1CCN(C(=O)c2cc(C)nnc2C)CC1. The van der Waals surface area contributed by atoms with Crippen molar-refractivity contribution in [3.63, 3.8) is 0 Å². The second-order valence-corrected chi connectivity index (χ2v) is 5.61. The first kappa shape index (κ1) is 14.9. The van der Waals surface area contributed by atoms with E-state index in [4.69, 9.17) is 0 Å². The van der Waals surface area contributed by atoms with Gasteiger partial charge in [0.25, 0.3) is 5.91 Å². The molecule has 110 valence electrons. The van der Waals surface area contributed by atoms with Crippen LogP contribution in [-0.4, -0.2) is 47.7 Å². The average molecular weight is 276 g/mol. The van der Waals surface area contributed by atoms with Gasteiger partial charge in [-0.25, -0.2) is 0 Å². The zero-order valence-electron chi connectivity index (χ0n) is 12.6. The summed E-state index contributed by atoms with van der Waals surface area (Å²) in [6, 6.07) is 1.84. The van der Waals surface area contributed by atoms with Crippen LogP contribution in [0.3, 0.4) is 0 Å². The number of hydrogen-bond donors (Lipinski definition) is 1. The Morgan fingerprint density at radius 1 is 1.35 bits per heavy atom. The maximum Gasteiger partial charge on any atom is 0.255 e. The predicted octanol–water partition coefficient (Wildman–Crippen LogP) is 1.56. The molecule has 1 aromatic rings. The fraction of sp³-hybridized carbons (Fsp3) is 0.667. The van der Waals surface area contributed by atoms with Gasteiger partial charge in [0.1, 0.15) is 0 Å². The Hall–Kier alpha value is -1.49. The average Bonchev–Trinajstić information content (AvgIpc) is 2.47. The van der Waals surface area contributed by atoms with E-state index in [2.05, 4.69) is 15.5 Å². The standard InChI is InChI=1S/C15H24N4O/c1-11-10-14(12(2)18-17-11)15(20)19-8-5-13(6-9-19)4-7-16-3/h10,13,16H,4-9H2,1-3H3. The van der Waals surface area contributed by atoms with Crippen molar-refractivity contribution >= 4 is 5.91 Å². The van der Waals surface area contributed by atoms with Gasteiger partial charge in [-0.2, -0.15) is 10.2 Å². The summed E-state index contributed by atoms with van der Waals surface area (Å²) >= 11 is 0. The van der Waals surface area contributed by atoms with Crippen LogP contribution in [0.15, 0.2) is 6.07 Å². The highest BCUT2D eigenvalue weighted by molar-refractivity contribution is 5.95. The molecule has 0 radical (unpaired) electrons. The van der Waals surface area contributed by atoms with E-state index >= 15 is 0 Å². The van der Waals surface area contributed by atoms with Gasteiger partial charge < -0.3 is 10.2 Å². The van der Waals surface area contributed by atoms with Crippen LogP contribution in [-0.2, 0) is 0 Å². The van der Waals surface area contributed by atoms with Crippen LogP contribution in [0.2, 0.25) is 0 Å². The van der Waals surface area contributed by atoms with Crippen molar-refractivity contribution in [3.8, 4) is 0 Å². The Labute approximate surface area is 120 Å². The molecule has 0 aromatic carbocycles. The summed E-state index contributed by atoms with van der Waals surface area (Å²) in [5, 5.41) is 11.2. The summed E-state index contributed by atoms with van der Waals surface area (Å²) in [6.45, 7) is 6.49. The Kier molecular flexibility index (Phi) is 5.06. The Bertz CT molecular complexity index is 467. The van der Waals surface area contributed by atoms with Crippen molar-refractivity contribution in [1.82, 2.24) is 20.4 Å². The molecule has 2 rings (SSSR count). The van der Waals surface area contributed by atoms with Gasteiger partial charge in [0.05, 0.1) is 17.0 Å². The molecule has 1 aliphatic rings. The van der Waals surface area contributed by atoms with Crippen LogP contribution < -0.4 is 5.32 Å². The summed E-state index contributed by atoms with van der Waals surface area (Å²) in [5.41, 5.74) is 2.21. The molecular formula is C15H24N4O. The molecule has 1 aliphatic heterocycles. The van der Waals surface area contributed by atoms with E-state index in [1.165, 1.54) is 6.42 Å². The van der Waals surface area contributed by atoms with Crippen molar-refractivity contribution in [3.05, 3.63) is 23.0 Å². The monoisotopic (exact) mass is 276 g/mol. The van der Waals surface area contributed by atoms with Crippen LogP contribution >= 0.6 is 0 Å². The molecule has 1 fully saturated rings. The minimum Gasteiger partial charge on any atom is -0.339 e. The van der Waals surface area contributed by atoms with E-state index in [0.29, 0.717) is 5.56 Å². The quantitative estimate of drug-likeness (QED) is 0.906. The second-order valence-electron chi connectivity index (χ2n) is 5.61. The van der Waals surface area contributed by atoms with Gasteiger partial charge in [-0.1, -0.05) is 0 Å². The predicted molar refractivity (Wildman–Crippen MR) is 78.7 cm³/mol. The lowest BCUT2D eigenvalue weighted by molar-refractivity contribution is 0.0685. The van der Waals surface area contributed by atoms with Crippen LogP contribution in [0.1, 0.15) is 41.0 Å². The summed E-state index contributed by atoms with van der Waals surface area (Å²) < 4.78 is 0. The normalized spacial score (nSPS) is 16.4. The molecule has 0 aliphatic carbocycles. The van der Waals surface area contributed by atoms with Gasteiger partial charge >= 0.3 is 0 Å². The maximum absolute atomic E-state index is 12.5. The highest BCUT2D eigenvalue weighted by Crippen LogP contribution is 2.22. The molecule has 1 aromatic heterocycles.